The van der Waals surface area contributed by atoms with Gasteiger partial charge in [0.15, 0.2) is 14.6 Å². The van der Waals surface area contributed by atoms with Gasteiger partial charge in [0.25, 0.3) is 0 Å². The van der Waals surface area contributed by atoms with E-state index in [9.17, 15) is 13.2 Å². The van der Waals surface area contributed by atoms with Crippen LogP contribution in [0.1, 0.15) is 27.7 Å². The second-order valence-electron chi connectivity index (χ2n) is 5.30. The highest BCUT2D eigenvalue weighted by Gasteiger charge is 2.75. The molecule has 1 aliphatic heterocycles. The van der Waals surface area contributed by atoms with Crippen molar-refractivity contribution in [3.8, 4) is 0 Å². The third kappa shape index (κ3) is 1.53. The third-order valence-electron chi connectivity index (χ3n) is 3.63. The van der Waals surface area contributed by atoms with Crippen LogP contribution in [0, 0.1) is 0 Å². The van der Waals surface area contributed by atoms with Gasteiger partial charge in [-0.1, -0.05) is 0 Å². The highest BCUT2D eigenvalue weighted by atomic mass is 32.2. The van der Waals surface area contributed by atoms with E-state index >= 15 is 0 Å². The quantitative estimate of drug-likeness (QED) is 0.692. The van der Waals surface area contributed by atoms with Crippen molar-refractivity contribution in [3.05, 3.63) is 0 Å². The maximum atomic E-state index is 12.3. The van der Waals surface area contributed by atoms with Gasteiger partial charge in [-0.15, -0.1) is 0 Å². The van der Waals surface area contributed by atoms with Crippen molar-refractivity contribution in [2.24, 2.45) is 0 Å². The van der Waals surface area contributed by atoms with E-state index in [1.807, 2.05) is 0 Å². The molecule has 6 heteroatoms. The molecule has 0 saturated carbocycles. The van der Waals surface area contributed by atoms with Crippen molar-refractivity contribution >= 4 is 15.8 Å². The fraction of sp³-hybridized carbons (Fsp3) is 0.909. The summed E-state index contributed by atoms with van der Waals surface area (Å²) >= 11 is 0. The minimum Gasteiger partial charge on any atom is -0.465 e. The average molecular weight is 263 g/mol. The van der Waals surface area contributed by atoms with E-state index in [-0.39, 0.29) is 12.6 Å². The number of nitrogens with zero attached hydrogens (tertiary/aromatic N) is 1. The topological polar surface area (TPSA) is 63.7 Å². The minimum atomic E-state index is -3.53. The molecule has 1 rings (SSSR count). The second-order valence-corrected chi connectivity index (χ2v) is 8.21. The number of hydrogen-bond donors (Lipinski definition) is 0. The highest BCUT2D eigenvalue weighted by Crippen LogP contribution is 2.51. The highest BCUT2D eigenvalue weighted by molar-refractivity contribution is 7.96. The fourth-order valence-electron chi connectivity index (χ4n) is 3.06. The van der Waals surface area contributed by atoms with E-state index < -0.39 is 25.3 Å². The molecule has 0 radical (unpaired) electrons. The van der Waals surface area contributed by atoms with E-state index in [1.54, 1.807) is 39.8 Å². The first-order valence-corrected chi connectivity index (χ1v) is 7.11. The molecule has 17 heavy (non-hydrogen) atoms. The molecule has 0 N–H and O–H groups in total. The molecule has 1 aliphatic rings. The Morgan fingerprint density at radius 1 is 1.29 bits per heavy atom. The minimum absolute atomic E-state index is 0.185. The smallest absolute Gasteiger partial charge is 0.328 e. The summed E-state index contributed by atoms with van der Waals surface area (Å²) in [5.74, 6) is -0.655. The average Bonchev–Trinajstić information content (AvgIpc) is 2.15. The third-order valence-corrected chi connectivity index (χ3v) is 6.74. The number of carbonyl (C=O) groups excluding carboxylic acids is 1. The lowest BCUT2D eigenvalue weighted by Crippen LogP contribution is -2.80. The number of rotatable bonds is 3. The predicted octanol–water partition coefficient (Wildman–Crippen LogP) is 0.445. The molecule has 1 saturated heterocycles. The Kier molecular flexibility index (Phi) is 3.35. The molecule has 5 nitrogen and oxygen atoms in total. The van der Waals surface area contributed by atoms with Crippen molar-refractivity contribution in [1.29, 1.82) is 0 Å². The van der Waals surface area contributed by atoms with Crippen molar-refractivity contribution in [2.75, 3.05) is 20.7 Å². The number of esters is 1. The largest absolute Gasteiger partial charge is 0.465 e. The summed E-state index contributed by atoms with van der Waals surface area (Å²) in [6.45, 7) is 6.60. The Morgan fingerprint density at radius 2 is 1.76 bits per heavy atom. The fourth-order valence-corrected chi connectivity index (χ4v) is 5.78. The molecular formula is C11H21NO4S. The van der Waals surface area contributed by atoms with Crippen LogP contribution in [-0.2, 0) is 19.4 Å². The molecule has 0 spiro atoms. The summed E-state index contributed by atoms with van der Waals surface area (Å²) in [7, 11) is 0.0208. The van der Waals surface area contributed by atoms with Gasteiger partial charge in [0.2, 0.25) is 0 Å². The molecule has 1 fully saturated rings. The van der Waals surface area contributed by atoms with Crippen LogP contribution in [0.4, 0.5) is 0 Å². The van der Waals surface area contributed by atoms with Crippen molar-refractivity contribution in [2.45, 2.75) is 43.2 Å². The van der Waals surface area contributed by atoms with Gasteiger partial charge in [-0.25, -0.2) is 8.42 Å². The molecule has 0 aliphatic carbocycles. The van der Waals surface area contributed by atoms with E-state index in [1.165, 1.54) is 6.92 Å². The monoisotopic (exact) mass is 263 g/mol. The van der Waals surface area contributed by atoms with E-state index in [0.717, 1.165) is 0 Å². The van der Waals surface area contributed by atoms with Gasteiger partial charge in [0, 0.05) is 0 Å². The Balaban J connectivity index is 3.27. The molecule has 0 aromatic carbocycles. The molecule has 0 bridgehead atoms. The lowest BCUT2D eigenvalue weighted by Gasteiger charge is -2.57. The number of hydrogen-bond acceptors (Lipinski definition) is 5. The lowest BCUT2D eigenvalue weighted by molar-refractivity contribution is -0.149. The first kappa shape index (κ1) is 14.4. The van der Waals surface area contributed by atoms with Crippen LogP contribution in [0.2, 0.25) is 0 Å². The zero-order valence-corrected chi connectivity index (χ0v) is 12.1. The van der Waals surface area contributed by atoms with Crippen LogP contribution >= 0.6 is 0 Å². The van der Waals surface area contributed by atoms with Gasteiger partial charge >= 0.3 is 5.97 Å². The molecule has 0 amide bonds. The molecule has 0 aromatic rings. The first-order valence-electron chi connectivity index (χ1n) is 5.63. The molecule has 2 atom stereocenters. The van der Waals surface area contributed by atoms with Gasteiger partial charge in [0.1, 0.15) is 0 Å². The number of carbonyl (C=O) groups is 1. The summed E-state index contributed by atoms with van der Waals surface area (Å²) in [5.41, 5.74) is 0. The van der Waals surface area contributed by atoms with E-state index in [0.29, 0.717) is 0 Å². The standard InChI is InChI=1S/C11H21NO4S/c1-7-16-9(13)11(4)8(12(5)6)10(2,3)17(11,14)15/h8H,7H2,1-6H3/t8-,11-/m1/s1. The Hall–Kier alpha value is -0.620. The van der Waals surface area contributed by atoms with Crippen LogP contribution in [0.15, 0.2) is 0 Å². The SMILES string of the molecule is CCOC(=O)[C@@]1(C)[C@H](N(C)C)C(C)(C)S1(=O)=O. The molecule has 100 valence electrons. The van der Waals surface area contributed by atoms with Gasteiger partial charge in [0.05, 0.1) is 17.4 Å². The zero-order valence-electron chi connectivity index (χ0n) is 11.3. The van der Waals surface area contributed by atoms with Crippen molar-refractivity contribution < 1.29 is 17.9 Å². The summed E-state index contributed by atoms with van der Waals surface area (Å²) in [6.07, 6.45) is 0. The maximum Gasteiger partial charge on any atom is 0.328 e. The van der Waals surface area contributed by atoms with Gasteiger partial charge < -0.3 is 9.64 Å². The van der Waals surface area contributed by atoms with Gasteiger partial charge in [-0.2, -0.15) is 0 Å². The number of ether oxygens (including phenoxy) is 1. The molecule has 1 heterocycles. The van der Waals surface area contributed by atoms with E-state index in [4.69, 9.17) is 4.74 Å². The van der Waals surface area contributed by atoms with E-state index in [2.05, 4.69) is 0 Å². The van der Waals surface area contributed by atoms with Gasteiger partial charge in [-0.3, -0.25) is 4.79 Å². The van der Waals surface area contributed by atoms with Crippen LogP contribution in [0.5, 0.6) is 0 Å². The predicted molar refractivity (Wildman–Crippen MR) is 65.5 cm³/mol. The Labute approximate surface area is 103 Å². The first-order chi connectivity index (χ1) is 7.55. The Morgan fingerprint density at radius 3 is 2.12 bits per heavy atom. The summed E-state index contributed by atoms with van der Waals surface area (Å²) < 4.78 is 27.1. The van der Waals surface area contributed by atoms with Crippen LogP contribution < -0.4 is 0 Å². The van der Waals surface area contributed by atoms with Crippen molar-refractivity contribution in [3.63, 3.8) is 0 Å². The zero-order chi connectivity index (χ0) is 13.6. The maximum absolute atomic E-state index is 12.3. The summed E-state index contributed by atoms with van der Waals surface area (Å²) in [6, 6.07) is -0.376. The van der Waals surface area contributed by atoms with Crippen LogP contribution in [0.25, 0.3) is 0 Å². The molecular weight excluding hydrogens is 242 g/mol. The van der Waals surface area contributed by atoms with Crippen LogP contribution in [-0.4, -0.2) is 55.5 Å². The lowest BCUT2D eigenvalue weighted by atomic mass is 9.87. The van der Waals surface area contributed by atoms with Crippen LogP contribution in [0.3, 0.4) is 0 Å². The van der Waals surface area contributed by atoms with Crippen molar-refractivity contribution in [1.82, 2.24) is 4.90 Å². The number of sulfone groups is 1. The molecule has 0 aromatic heterocycles. The second kappa shape index (κ2) is 3.95. The summed E-state index contributed by atoms with van der Waals surface area (Å²) in [4.78, 5) is 13.7. The molecule has 0 unspecified atom stereocenters. The Bertz CT molecular complexity index is 427. The normalized spacial score (nSPS) is 34.2. The summed E-state index contributed by atoms with van der Waals surface area (Å²) in [5, 5.41) is 0. The van der Waals surface area contributed by atoms with Gasteiger partial charge in [-0.05, 0) is 41.8 Å².